The van der Waals surface area contributed by atoms with Crippen LogP contribution in [0.4, 0.5) is 0 Å². The van der Waals surface area contributed by atoms with Crippen molar-refractivity contribution in [2.45, 2.75) is 19.4 Å². The number of ether oxygens (including phenoxy) is 1. The standard InChI is InChI=1S/C12H13NO4/c1-7(14)13-10-4-5-17-11-3-2-8(12(15)16)6-9(10)11/h2-3,6,10H,4-5H2,1H3,(H,13,14)(H,15,16). The van der Waals surface area contributed by atoms with Gasteiger partial charge in [0.25, 0.3) is 0 Å². The summed E-state index contributed by atoms with van der Waals surface area (Å²) in [6.45, 7) is 1.96. The van der Waals surface area contributed by atoms with Crippen molar-refractivity contribution in [2.75, 3.05) is 6.61 Å². The molecule has 0 aliphatic carbocycles. The first-order valence-electron chi connectivity index (χ1n) is 5.35. The van der Waals surface area contributed by atoms with E-state index in [0.717, 1.165) is 5.56 Å². The predicted octanol–water partition coefficient (Wildman–Crippen LogP) is 1.34. The maximum atomic E-state index is 11.1. The summed E-state index contributed by atoms with van der Waals surface area (Å²) in [6, 6.07) is 4.51. The van der Waals surface area contributed by atoms with Crippen LogP contribution in [0.2, 0.25) is 0 Å². The van der Waals surface area contributed by atoms with E-state index in [1.807, 2.05) is 0 Å². The minimum atomic E-state index is -0.986. The third kappa shape index (κ3) is 2.38. The Hall–Kier alpha value is -2.04. The molecule has 1 aliphatic heterocycles. The molecule has 1 heterocycles. The van der Waals surface area contributed by atoms with E-state index in [9.17, 15) is 9.59 Å². The van der Waals surface area contributed by atoms with Gasteiger partial charge in [0.15, 0.2) is 0 Å². The maximum absolute atomic E-state index is 11.1. The van der Waals surface area contributed by atoms with E-state index >= 15 is 0 Å². The fourth-order valence-corrected chi connectivity index (χ4v) is 1.92. The van der Waals surface area contributed by atoms with Crippen LogP contribution in [-0.2, 0) is 4.79 Å². The van der Waals surface area contributed by atoms with Crippen molar-refractivity contribution in [2.24, 2.45) is 0 Å². The van der Waals surface area contributed by atoms with Gasteiger partial charge in [-0.1, -0.05) is 0 Å². The van der Waals surface area contributed by atoms with Gasteiger partial charge in [-0.05, 0) is 18.2 Å². The Balaban J connectivity index is 2.37. The minimum absolute atomic E-state index is 0.136. The normalized spacial score (nSPS) is 17.8. The molecule has 1 aromatic rings. The van der Waals surface area contributed by atoms with Crippen molar-refractivity contribution < 1.29 is 19.4 Å². The number of rotatable bonds is 2. The zero-order chi connectivity index (χ0) is 12.4. The average molecular weight is 235 g/mol. The Morgan fingerprint density at radius 3 is 2.88 bits per heavy atom. The van der Waals surface area contributed by atoms with E-state index in [4.69, 9.17) is 9.84 Å². The lowest BCUT2D eigenvalue weighted by molar-refractivity contribution is -0.119. The zero-order valence-electron chi connectivity index (χ0n) is 9.40. The summed E-state index contributed by atoms with van der Waals surface area (Å²) in [5, 5.41) is 11.7. The molecule has 1 amide bonds. The first kappa shape index (κ1) is 11.4. The van der Waals surface area contributed by atoms with E-state index in [2.05, 4.69) is 5.32 Å². The molecule has 1 unspecified atom stereocenters. The molecule has 17 heavy (non-hydrogen) atoms. The molecule has 0 radical (unpaired) electrons. The highest BCUT2D eigenvalue weighted by Crippen LogP contribution is 2.32. The lowest BCUT2D eigenvalue weighted by Gasteiger charge is -2.26. The summed E-state index contributed by atoms with van der Waals surface area (Å²) in [5.41, 5.74) is 0.927. The van der Waals surface area contributed by atoms with Crippen LogP contribution in [0, 0.1) is 0 Å². The first-order chi connectivity index (χ1) is 8.08. The topological polar surface area (TPSA) is 75.6 Å². The van der Waals surface area contributed by atoms with Crippen LogP contribution in [0.15, 0.2) is 18.2 Å². The van der Waals surface area contributed by atoms with Crippen molar-refractivity contribution in [1.82, 2.24) is 5.32 Å². The molecule has 2 rings (SSSR count). The van der Waals surface area contributed by atoms with Crippen LogP contribution >= 0.6 is 0 Å². The number of hydrogen-bond donors (Lipinski definition) is 2. The summed E-state index contributed by atoms with van der Waals surface area (Å²) in [5.74, 6) is -0.483. The lowest BCUT2D eigenvalue weighted by Crippen LogP contribution is -2.30. The van der Waals surface area contributed by atoms with Crippen molar-refractivity contribution in [3.8, 4) is 5.75 Å². The highest BCUT2D eigenvalue weighted by atomic mass is 16.5. The molecule has 1 aromatic carbocycles. The smallest absolute Gasteiger partial charge is 0.335 e. The van der Waals surface area contributed by atoms with Gasteiger partial charge in [0.05, 0.1) is 18.2 Å². The SMILES string of the molecule is CC(=O)NC1CCOc2ccc(C(=O)O)cc21. The van der Waals surface area contributed by atoms with Gasteiger partial charge in [-0.15, -0.1) is 0 Å². The zero-order valence-corrected chi connectivity index (χ0v) is 9.40. The molecule has 0 spiro atoms. The fraction of sp³-hybridized carbons (Fsp3) is 0.333. The lowest BCUT2D eigenvalue weighted by atomic mass is 9.98. The quantitative estimate of drug-likeness (QED) is 0.811. The van der Waals surface area contributed by atoms with Gasteiger partial charge in [-0.2, -0.15) is 0 Å². The molecule has 0 bridgehead atoms. The van der Waals surface area contributed by atoms with E-state index in [-0.39, 0.29) is 17.5 Å². The second kappa shape index (κ2) is 4.45. The van der Waals surface area contributed by atoms with Crippen molar-refractivity contribution >= 4 is 11.9 Å². The highest BCUT2D eigenvalue weighted by molar-refractivity contribution is 5.88. The average Bonchev–Trinajstić information content (AvgIpc) is 2.28. The summed E-state index contributed by atoms with van der Waals surface area (Å²) >= 11 is 0. The van der Waals surface area contributed by atoms with E-state index in [1.54, 1.807) is 12.1 Å². The van der Waals surface area contributed by atoms with E-state index < -0.39 is 5.97 Å². The number of benzene rings is 1. The van der Waals surface area contributed by atoms with Gasteiger partial charge in [-0.25, -0.2) is 4.79 Å². The van der Waals surface area contributed by atoms with Crippen molar-refractivity contribution in [3.05, 3.63) is 29.3 Å². The number of carbonyl (C=O) groups is 2. The summed E-state index contributed by atoms with van der Waals surface area (Å²) < 4.78 is 5.43. The van der Waals surface area contributed by atoms with Gasteiger partial charge in [0.1, 0.15) is 5.75 Å². The third-order valence-corrected chi connectivity index (χ3v) is 2.67. The maximum Gasteiger partial charge on any atom is 0.335 e. The van der Waals surface area contributed by atoms with Crippen LogP contribution in [0.5, 0.6) is 5.75 Å². The Kier molecular flexibility index (Phi) is 2.99. The van der Waals surface area contributed by atoms with E-state index in [0.29, 0.717) is 18.8 Å². The molecule has 90 valence electrons. The van der Waals surface area contributed by atoms with Crippen LogP contribution in [0.1, 0.15) is 35.3 Å². The Labute approximate surface area is 98.4 Å². The van der Waals surface area contributed by atoms with Gasteiger partial charge in [0.2, 0.25) is 5.91 Å². The van der Waals surface area contributed by atoms with Gasteiger partial charge in [0, 0.05) is 18.9 Å². The molecule has 0 fully saturated rings. The second-order valence-electron chi connectivity index (χ2n) is 3.95. The van der Waals surface area contributed by atoms with Crippen molar-refractivity contribution in [3.63, 3.8) is 0 Å². The number of carbonyl (C=O) groups excluding carboxylic acids is 1. The molecule has 1 aliphatic rings. The first-order valence-corrected chi connectivity index (χ1v) is 5.35. The largest absolute Gasteiger partial charge is 0.493 e. The molecule has 0 saturated carbocycles. The second-order valence-corrected chi connectivity index (χ2v) is 3.95. The van der Waals surface area contributed by atoms with Crippen LogP contribution in [-0.4, -0.2) is 23.6 Å². The molecule has 0 aromatic heterocycles. The van der Waals surface area contributed by atoms with Crippen LogP contribution in [0.3, 0.4) is 0 Å². The summed E-state index contributed by atoms with van der Waals surface area (Å²) in [4.78, 5) is 22.0. The van der Waals surface area contributed by atoms with Crippen LogP contribution < -0.4 is 10.1 Å². The molecular weight excluding hydrogens is 222 g/mol. The number of fused-ring (bicyclic) bond motifs is 1. The molecular formula is C12H13NO4. The van der Waals surface area contributed by atoms with E-state index in [1.165, 1.54) is 13.0 Å². The fourth-order valence-electron chi connectivity index (χ4n) is 1.92. The van der Waals surface area contributed by atoms with Gasteiger partial charge >= 0.3 is 5.97 Å². The van der Waals surface area contributed by atoms with Gasteiger partial charge in [-0.3, -0.25) is 4.79 Å². The van der Waals surface area contributed by atoms with Crippen LogP contribution in [0.25, 0.3) is 0 Å². The Bertz CT molecular complexity index is 470. The molecule has 5 nitrogen and oxygen atoms in total. The monoisotopic (exact) mass is 235 g/mol. The number of nitrogens with one attached hydrogen (secondary N) is 1. The molecule has 2 N–H and O–H groups in total. The Morgan fingerprint density at radius 1 is 1.47 bits per heavy atom. The third-order valence-electron chi connectivity index (χ3n) is 2.67. The number of amides is 1. The molecule has 5 heteroatoms. The van der Waals surface area contributed by atoms with Gasteiger partial charge < -0.3 is 15.2 Å². The number of hydrogen-bond acceptors (Lipinski definition) is 3. The Morgan fingerprint density at radius 2 is 2.24 bits per heavy atom. The minimum Gasteiger partial charge on any atom is -0.493 e. The molecule has 0 saturated heterocycles. The van der Waals surface area contributed by atoms with Crippen molar-refractivity contribution in [1.29, 1.82) is 0 Å². The summed E-state index contributed by atoms with van der Waals surface area (Å²) in [6.07, 6.45) is 0.648. The number of carboxylic acids is 1. The summed E-state index contributed by atoms with van der Waals surface area (Å²) in [7, 11) is 0. The highest BCUT2D eigenvalue weighted by Gasteiger charge is 2.23. The number of carboxylic acid groups (broad SMARTS) is 1. The predicted molar refractivity (Wildman–Crippen MR) is 60.1 cm³/mol. The number of aromatic carboxylic acids is 1. The molecule has 1 atom stereocenters.